The van der Waals surface area contributed by atoms with Gasteiger partial charge in [0.2, 0.25) is 0 Å². The molecule has 2 aromatic carbocycles. The van der Waals surface area contributed by atoms with Crippen molar-refractivity contribution in [1.29, 1.82) is 0 Å². The molecule has 1 saturated heterocycles. The second-order valence-electron chi connectivity index (χ2n) is 6.09. The van der Waals surface area contributed by atoms with Crippen LogP contribution in [0, 0.1) is 0 Å². The number of carbonyl (C=O) groups excluding carboxylic acids is 1. The van der Waals surface area contributed by atoms with Crippen molar-refractivity contribution in [2.24, 2.45) is 0 Å². The van der Waals surface area contributed by atoms with Crippen molar-refractivity contribution in [1.82, 2.24) is 9.80 Å². The topological polar surface area (TPSA) is 46.6 Å². The Kier molecular flexibility index (Phi) is 6.36. The molecular weight excluding hydrogens is 307 g/mol. The van der Waals surface area contributed by atoms with Gasteiger partial charge in [-0.3, -0.25) is 4.90 Å². The van der Waals surface area contributed by atoms with Gasteiger partial charge < -0.3 is 10.0 Å². The minimum atomic E-state index is -0.261. The second-order valence-corrected chi connectivity index (χ2v) is 6.09. The zero-order chi connectivity index (χ0) is 17.1. The zero-order valence-corrected chi connectivity index (χ0v) is 14.9. The van der Waals surface area contributed by atoms with E-state index in [9.17, 15) is 9.90 Å². The van der Waals surface area contributed by atoms with Crippen LogP contribution in [-0.4, -0.2) is 28.9 Å². The zero-order valence-electron chi connectivity index (χ0n) is 14.9. The summed E-state index contributed by atoms with van der Waals surface area (Å²) in [4.78, 5) is 15.6. The summed E-state index contributed by atoms with van der Waals surface area (Å²) in [6, 6.07) is 18.9. The molecule has 0 spiro atoms. The van der Waals surface area contributed by atoms with Gasteiger partial charge in [-0.2, -0.15) is 0 Å². The molecule has 0 aromatic heterocycles. The quantitative estimate of drug-likeness (QED) is 0.583. The fourth-order valence-electron chi connectivity index (χ4n) is 3.12. The largest absolute Gasteiger partial charge is 1.00 e. The van der Waals surface area contributed by atoms with Crippen LogP contribution in [0.1, 0.15) is 24.1 Å². The van der Waals surface area contributed by atoms with Crippen molar-refractivity contribution in [3.8, 4) is 0 Å². The van der Waals surface area contributed by atoms with Crippen LogP contribution in [0.25, 0.3) is 0 Å². The van der Waals surface area contributed by atoms with Crippen LogP contribution in [0.15, 0.2) is 72.6 Å². The molecule has 2 aromatic rings. The summed E-state index contributed by atoms with van der Waals surface area (Å²) in [7, 11) is 1.74. The Morgan fingerprint density at radius 3 is 2.24 bits per heavy atom. The van der Waals surface area contributed by atoms with Gasteiger partial charge in [0.15, 0.2) is 0 Å². The minimum absolute atomic E-state index is 0. The number of nitrogens with zero attached hydrogens (tertiary/aromatic N) is 2. The predicted octanol–water partition coefficient (Wildman–Crippen LogP) is -0.0680. The summed E-state index contributed by atoms with van der Waals surface area (Å²) in [5.41, 5.74) is 2.03. The van der Waals surface area contributed by atoms with Gasteiger partial charge in [-0.15, -0.1) is 0 Å². The number of likely N-dealkylation sites (N-methyl/N-ethyl adjacent to an activating group) is 1. The molecule has 4 nitrogen and oxygen atoms in total. The maximum Gasteiger partial charge on any atom is 1.00 e. The summed E-state index contributed by atoms with van der Waals surface area (Å²) < 4.78 is 0. The Balaban J connectivity index is 0.00000225. The molecule has 1 aliphatic heterocycles. The summed E-state index contributed by atoms with van der Waals surface area (Å²) in [5.74, 6) is -0.242. The van der Waals surface area contributed by atoms with Crippen molar-refractivity contribution in [3.63, 3.8) is 0 Å². The van der Waals surface area contributed by atoms with E-state index in [1.807, 2.05) is 67.6 Å². The number of carbonyl (C=O) groups is 1. The van der Waals surface area contributed by atoms with Gasteiger partial charge >= 0.3 is 24.9 Å². The minimum Gasteiger partial charge on any atom is -0.860 e. The summed E-state index contributed by atoms with van der Waals surface area (Å²) in [5, 5.41) is 12.7. The van der Waals surface area contributed by atoms with Gasteiger partial charge in [-0.25, -0.2) is 4.79 Å². The maximum absolute atomic E-state index is 12.7. The Morgan fingerprint density at radius 1 is 1.08 bits per heavy atom. The van der Waals surface area contributed by atoms with E-state index in [1.54, 1.807) is 18.0 Å². The number of urea groups is 1. The molecule has 0 bridgehead atoms. The van der Waals surface area contributed by atoms with E-state index in [2.05, 4.69) is 0 Å². The van der Waals surface area contributed by atoms with Crippen molar-refractivity contribution in [2.75, 3.05) is 7.05 Å². The van der Waals surface area contributed by atoms with E-state index < -0.39 is 0 Å². The smallest absolute Gasteiger partial charge is 0.860 e. The van der Waals surface area contributed by atoms with E-state index in [1.165, 1.54) is 4.90 Å². The van der Waals surface area contributed by atoms with Crippen LogP contribution in [0.2, 0.25) is 0 Å². The molecule has 2 amide bonds. The number of rotatable bonds is 4. The summed E-state index contributed by atoms with van der Waals surface area (Å²) in [6.07, 6.45) is 2.11. The summed E-state index contributed by atoms with van der Waals surface area (Å²) in [6.45, 7) is 1.97. The average molecular weight is 328 g/mol. The standard InChI is InChI=1S/C20H22N2O2.Li/c1-15-19(17-11-7-4-8-12-17)22(20(24)21(15)2)18(23)14-13-16-9-5-3-6-10-16;/h3-12,14-15,19,23H,13H2,1-2H3;/q;+1/p-1/b18-14-;/t15-,19-;/m0./s1. The number of allylic oxidation sites excluding steroid dienone is 1. The first kappa shape index (κ1) is 19.2. The van der Waals surface area contributed by atoms with Crippen LogP contribution >= 0.6 is 0 Å². The van der Waals surface area contributed by atoms with Gasteiger partial charge in [-0.1, -0.05) is 66.7 Å². The van der Waals surface area contributed by atoms with Gasteiger partial charge in [-0.05, 0) is 30.4 Å². The first-order chi connectivity index (χ1) is 11.6. The fourth-order valence-corrected chi connectivity index (χ4v) is 3.12. The molecule has 2 atom stereocenters. The fraction of sp³-hybridized carbons (Fsp3) is 0.250. The molecule has 0 aliphatic carbocycles. The second kappa shape index (κ2) is 8.29. The first-order valence-electron chi connectivity index (χ1n) is 8.11. The SMILES string of the molecule is C[C@H]1[C@@H](c2ccccc2)N(/C([O-])=C/Cc2ccccc2)C(=O)N1C.[Li+]. The molecule has 3 rings (SSSR count). The Labute approximate surface area is 160 Å². The molecule has 25 heavy (non-hydrogen) atoms. The molecular formula is C20H21LiN2O2. The number of hydrogen-bond donors (Lipinski definition) is 0. The van der Waals surface area contributed by atoms with Crippen molar-refractivity contribution in [3.05, 3.63) is 83.7 Å². The van der Waals surface area contributed by atoms with Gasteiger partial charge in [0.25, 0.3) is 0 Å². The third-order valence-electron chi connectivity index (χ3n) is 4.59. The van der Waals surface area contributed by atoms with Crippen LogP contribution in [0.4, 0.5) is 4.79 Å². The van der Waals surface area contributed by atoms with E-state index in [0.29, 0.717) is 6.42 Å². The Bertz CT molecular complexity index is 734. The van der Waals surface area contributed by atoms with E-state index in [0.717, 1.165) is 11.1 Å². The van der Waals surface area contributed by atoms with Crippen LogP contribution in [0.5, 0.6) is 0 Å². The molecule has 1 fully saturated rings. The van der Waals surface area contributed by atoms with Gasteiger partial charge in [0.05, 0.1) is 12.1 Å². The van der Waals surface area contributed by atoms with Gasteiger partial charge in [0.1, 0.15) is 0 Å². The average Bonchev–Trinajstić information content (AvgIpc) is 2.85. The molecule has 5 heteroatoms. The third-order valence-corrected chi connectivity index (χ3v) is 4.59. The van der Waals surface area contributed by atoms with Crippen molar-refractivity contribution in [2.45, 2.75) is 25.4 Å². The monoisotopic (exact) mass is 328 g/mol. The number of benzene rings is 2. The van der Waals surface area contributed by atoms with Crippen molar-refractivity contribution >= 4 is 6.03 Å². The first-order valence-corrected chi connectivity index (χ1v) is 8.11. The maximum atomic E-state index is 12.7. The normalized spacial score (nSPS) is 20.6. The third kappa shape index (κ3) is 3.92. The van der Waals surface area contributed by atoms with Crippen LogP contribution in [0.3, 0.4) is 0 Å². The molecule has 0 N–H and O–H groups in total. The molecule has 0 saturated carbocycles. The molecule has 0 radical (unpaired) electrons. The Hall–Kier alpha value is -2.15. The van der Waals surface area contributed by atoms with E-state index >= 15 is 0 Å². The summed E-state index contributed by atoms with van der Waals surface area (Å²) >= 11 is 0. The molecule has 0 unspecified atom stereocenters. The number of hydrogen-bond acceptors (Lipinski definition) is 2. The van der Waals surface area contributed by atoms with Crippen LogP contribution < -0.4 is 24.0 Å². The van der Waals surface area contributed by atoms with E-state index in [4.69, 9.17) is 0 Å². The predicted molar refractivity (Wildman–Crippen MR) is 91.9 cm³/mol. The Morgan fingerprint density at radius 2 is 1.64 bits per heavy atom. The molecule has 1 heterocycles. The van der Waals surface area contributed by atoms with Crippen LogP contribution in [-0.2, 0) is 6.42 Å². The molecule has 124 valence electrons. The van der Waals surface area contributed by atoms with Crippen molar-refractivity contribution < 1.29 is 28.8 Å². The number of amides is 2. The van der Waals surface area contributed by atoms with E-state index in [-0.39, 0.29) is 42.9 Å². The van der Waals surface area contributed by atoms with Gasteiger partial charge in [0, 0.05) is 7.05 Å². The molecule has 1 aliphatic rings.